The van der Waals surface area contributed by atoms with E-state index in [0.717, 1.165) is 100 Å². The molecule has 4 aliphatic heterocycles. The summed E-state index contributed by atoms with van der Waals surface area (Å²) >= 11 is 0. The quantitative estimate of drug-likeness (QED) is 0.0738. The fourth-order valence-corrected chi connectivity index (χ4v) is 14.6. The summed E-state index contributed by atoms with van der Waals surface area (Å²) in [5.74, 6) is -14.6. The molecule has 3 aliphatic carbocycles. The fraction of sp³-hybridized carbons (Fsp3) is 0.547. The van der Waals surface area contributed by atoms with Crippen LogP contribution in [0.15, 0.2) is 97.0 Å². The standard InChI is InChI=1S/C23H23F5N2O4S.C21H23F5N2O5S.C20H20F5N3O5S/c1-13(21(2,24)25)34-17-8-7-15(35(3,32)33)9-16(17)20(31)30-11-14-10-22(14,12-30)18-5-4-6-19(29-18)23(26,27)28;1-11(19(2,22)23)32-15-5-4-13(34(3,30)31)6-14(15)17(29)28-9-12-7-20(12,10-28)18-27-8-16(33-18)21(24,25)26;1-10(18(2,21)22)32-14-5-4-12(34(3,30)31)6-13(14)15(29)28-8-11-7-19(11,9-28)16-26-17(33-27-16)20(23,24)25/h4-9,13-14H,10-12H2,1-3H3;4-6,11-12,16H,7-10H2,1-3H3;4-6,10-11H,7-9H2,1-3H3/t13-,14?,22?;11-,12?,16?,20?;10-,11?,19?/m001/s1. The molecule has 7 unspecified atom stereocenters. The average Bonchev–Trinajstić information content (AvgIpc) is 1.55. The van der Waals surface area contributed by atoms with Gasteiger partial charge in [0, 0.05) is 89.9 Å². The maximum Gasteiger partial charge on any atom is 0.471 e. The molecular formula is C64H66F15N7O14S3. The van der Waals surface area contributed by atoms with Gasteiger partial charge in [0.05, 0.1) is 48.8 Å². The van der Waals surface area contributed by atoms with E-state index in [4.69, 9.17) is 18.9 Å². The van der Waals surface area contributed by atoms with Gasteiger partial charge in [-0.1, -0.05) is 11.2 Å². The highest BCUT2D eigenvalue weighted by Crippen LogP contribution is 2.62. The van der Waals surface area contributed by atoms with E-state index < -0.39 is 142 Å². The lowest BCUT2D eigenvalue weighted by Crippen LogP contribution is -2.37. The molecule has 103 heavy (non-hydrogen) atoms. The van der Waals surface area contributed by atoms with E-state index in [-0.39, 0.29) is 123 Å². The number of ether oxygens (including phenoxy) is 4. The Balaban J connectivity index is 0.000000166. The zero-order valence-corrected chi connectivity index (χ0v) is 58.2. The van der Waals surface area contributed by atoms with Gasteiger partial charge in [-0.05, 0) is 125 Å². The Hall–Kier alpha value is -7.97. The van der Waals surface area contributed by atoms with E-state index in [1.165, 1.54) is 26.8 Å². The largest absolute Gasteiger partial charge is 0.484 e. The summed E-state index contributed by atoms with van der Waals surface area (Å²) in [5, 5.41) is 3.44. The zero-order valence-electron chi connectivity index (χ0n) is 55.8. The van der Waals surface area contributed by atoms with Crippen molar-refractivity contribution >= 4 is 53.1 Å². The molecule has 39 heteroatoms. The minimum absolute atomic E-state index is 0.0158. The van der Waals surface area contributed by atoms with Crippen molar-refractivity contribution < 1.29 is 129 Å². The Morgan fingerprint density at radius 3 is 1.24 bits per heavy atom. The van der Waals surface area contributed by atoms with Crippen LogP contribution in [0.3, 0.4) is 0 Å². The maximum atomic E-state index is 13.7. The van der Waals surface area contributed by atoms with Gasteiger partial charge in [-0.2, -0.15) is 44.5 Å². The van der Waals surface area contributed by atoms with Crippen LogP contribution in [0.1, 0.15) is 115 Å². The summed E-state index contributed by atoms with van der Waals surface area (Å²) in [7, 11) is -11.2. The van der Waals surface area contributed by atoms with Crippen molar-refractivity contribution in [2.24, 2.45) is 28.2 Å². The van der Waals surface area contributed by atoms with Gasteiger partial charge in [0.2, 0.25) is 6.10 Å². The number of alkyl halides is 15. The zero-order chi connectivity index (χ0) is 76.5. The number of rotatable bonds is 18. The number of piperidine rings is 3. The lowest BCUT2D eigenvalue weighted by molar-refractivity contribution is -0.191. The van der Waals surface area contributed by atoms with Gasteiger partial charge in [0.15, 0.2) is 59.5 Å². The van der Waals surface area contributed by atoms with E-state index in [2.05, 4.69) is 24.6 Å². The third-order valence-corrected chi connectivity index (χ3v) is 22.6. The normalized spacial score (nSPS) is 24.7. The second-order valence-corrected chi connectivity index (χ2v) is 33.3. The minimum atomic E-state index is -4.81. The van der Waals surface area contributed by atoms with Crippen LogP contribution < -0.4 is 14.2 Å². The molecule has 564 valence electrons. The Bertz CT molecular complexity index is 4560. The number of fused-ring (bicyclic) bond motifs is 3. The van der Waals surface area contributed by atoms with Crippen LogP contribution in [-0.2, 0) is 57.4 Å². The van der Waals surface area contributed by atoms with Crippen molar-refractivity contribution in [2.45, 2.75) is 147 Å². The fourth-order valence-electron chi connectivity index (χ4n) is 12.6. The predicted molar refractivity (Wildman–Crippen MR) is 330 cm³/mol. The number of amides is 3. The molecule has 6 fully saturated rings. The van der Waals surface area contributed by atoms with Crippen molar-refractivity contribution in [3.8, 4) is 17.2 Å². The van der Waals surface area contributed by atoms with Crippen molar-refractivity contribution in [3.63, 3.8) is 0 Å². The highest BCUT2D eigenvalue weighted by atomic mass is 32.2. The van der Waals surface area contributed by atoms with E-state index in [0.29, 0.717) is 40.0 Å². The Labute approximate surface area is 579 Å². The third kappa shape index (κ3) is 16.3. The van der Waals surface area contributed by atoms with Crippen LogP contribution in [-0.4, -0.2) is 192 Å². The van der Waals surface area contributed by atoms with Crippen LogP contribution in [0, 0.1) is 23.2 Å². The highest BCUT2D eigenvalue weighted by Gasteiger charge is 2.68. The summed E-state index contributed by atoms with van der Waals surface area (Å²) in [6, 6.07) is 13.7. The number of aliphatic imine (C=N–C) groups is 1. The van der Waals surface area contributed by atoms with E-state index in [9.17, 15) is 105 Å². The summed E-state index contributed by atoms with van der Waals surface area (Å²) in [6.45, 7) is 5.30. The Morgan fingerprint density at radius 1 is 0.515 bits per heavy atom. The van der Waals surface area contributed by atoms with Crippen molar-refractivity contribution in [3.05, 3.63) is 113 Å². The van der Waals surface area contributed by atoms with Crippen molar-refractivity contribution in [1.29, 1.82) is 0 Å². The average molecular weight is 1540 g/mol. The second-order valence-electron chi connectivity index (χ2n) is 27.3. The number of carbonyl (C=O) groups excluding carboxylic acids is 3. The lowest BCUT2D eigenvalue weighted by Gasteiger charge is -2.25. The highest BCUT2D eigenvalue weighted by molar-refractivity contribution is 7.91. The molecule has 2 aromatic heterocycles. The molecule has 3 saturated carbocycles. The van der Waals surface area contributed by atoms with Gasteiger partial charge in [-0.25, -0.2) is 56.6 Å². The molecule has 3 saturated heterocycles. The van der Waals surface area contributed by atoms with E-state index in [1.807, 2.05) is 0 Å². The smallest absolute Gasteiger partial charge is 0.471 e. The number of sulfone groups is 3. The third-order valence-electron chi connectivity index (χ3n) is 19.3. The monoisotopic (exact) mass is 1540 g/mol. The topological polar surface area (TPSA) is 264 Å². The molecule has 0 spiro atoms. The Kier molecular flexibility index (Phi) is 19.8. The lowest BCUT2D eigenvalue weighted by atomic mass is 10.00. The summed E-state index contributed by atoms with van der Waals surface area (Å²) < 4.78 is 296. The summed E-state index contributed by atoms with van der Waals surface area (Å²) in [5.41, 5.74) is -3.96. The van der Waals surface area contributed by atoms with Crippen molar-refractivity contribution in [1.82, 2.24) is 29.8 Å². The Morgan fingerprint density at radius 2 is 0.883 bits per heavy atom. The first kappa shape index (κ1) is 77.6. The van der Waals surface area contributed by atoms with Crippen LogP contribution in [0.25, 0.3) is 0 Å². The number of aromatic nitrogens is 3. The maximum absolute atomic E-state index is 13.7. The summed E-state index contributed by atoms with van der Waals surface area (Å²) in [6.07, 6.45) is -16.5. The van der Waals surface area contributed by atoms with Crippen LogP contribution in [0.5, 0.6) is 17.2 Å². The number of hydrogen-bond donors (Lipinski definition) is 0. The molecule has 6 heterocycles. The molecule has 7 aliphatic rings. The first-order chi connectivity index (χ1) is 47.1. The SMILES string of the molecule is C[C@@H](Oc1ccc(S(C)(=O)=O)cc1C(=O)N1CC2CC2(c2noc(C(F)(F)F)n2)C1)C(C)(F)F.C[C@H](Oc1ccc(S(C)(=O)=O)cc1C(=O)N1CC2CC2(C2=NCC(C(F)(F)F)O2)C1)C(C)(F)F.C[C@H](Oc1ccc(S(C)(=O)=O)cc1C(=O)N1CC2CC2(c2cccc(C(F)(F)F)n2)C1)C(C)(F)F. The molecule has 0 bridgehead atoms. The predicted octanol–water partition coefficient (Wildman–Crippen LogP) is 11.0. The van der Waals surface area contributed by atoms with Crippen LogP contribution in [0.2, 0.25) is 0 Å². The minimum Gasteiger partial charge on any atom is -0.484 e. The van der Waals surface area contributed by atoms with Crippen LogP contribution in [0.4, 0.5) is 65.9 Å². The number of likely N-dealkylation sites (tertiary alicyclic amines) is 3. The van der Waals surface area contributed by atoms with E-state index in [1.54, 1.807) is 0 Å². The van der Waals surface area contributed by atoms with Gasteiger partial charge in [0.25, 0.3) is 35.5 Å². The van der Waals surface area contributed by atoms with Gasteiger partial charge in [0.1, 0.15) is 22.9 Å². The summed E-state index contributed by atoms with van der Waals surface area (Å²) in [4.78, 5) is 54.6. The molecule has 5 aromatic rings. The molecule has 0 radical (unpaired) electrons. The molecule has 10 atom stereocenters. The molecule has 0 N–H and O–H groups in total. The molecule has 12 rings (SSSR count). The number of nitrogens with zero attached hydrogens (tertiary/aromatic N) is 7. The first-order valence-electron chi connectivity index (χ1n) is 31.3. The number of halogens is 15. The van der Waals surface area contributed by atoms with E-state index >= 15 is 0 Å². The van der Waals surface area contributed by atoms with Crippen LogP contribution >= 0.6 is 0 Å². The van der Waals surface area contributed by atoms with Gasteiger partial charge in [-0.15, -0.1) is 0 Å². The van der Waals surface area contributed by atoms with Crippen molar-refractivity contribution in [2.75, 3.05) is 64.6 Å². The number of benzene rings is 3. The number of hydrogen-bond acceptors (Lipinski definition) is 18. The molecule has 21 nitrogen and oxygen atoms in total. The van der Waals surface area contributed by atoms with Gasteiger partial charge >= 0.3 is 24.4 Å². The number of carbonyl (C=O) groups is 3. The number of pyridine rings is 1. The van der Waals surface area contributed by atoms with Gasteiger partial charge < -0.3 is 38.2 Å². The molecule has 3 aromatic carbocycles. The molecule has 3 amide bonds. The first-order valence-corrected chi connectivity index (χ1v) is 37.0. The second kappa shape index (κ2) is 26.3. The van der Waals surface area contributed by atoms with Gasteiger partial charge in [-0.3, -0.25) is 19.4 Å². The molecular weight excluding hydrogens is 1470 g/mol.